The number of halogens is 3. The van der Waals surface area contributed by atoms with Gasteiger partial charge in [0, 0.05) is 12.4 Å². The Morgan fingerprint density at radius 2 is 2.12 bits per heavy atom. The van der Waals surface area contributed by atoms with E-state index in [1.165, 1.54) is 0 Å². The third-order valence-electron chi connectivity index (χ3n) is 3.03. The van der Waals surface area contributed by atoms with Crippen LogP contribution in [-0.2, 0) is 21.4 Å². The Morgan fingerprint density at radius 3 is 2.75 bits per heavy atom. The first-order valence-corrected chi connectivity index (χ1v) is 7.94. The van der Waals surface area contributed by atoms with Gasteiger partial charge in [0.05, 0.1) is 10.5 Å². The summed E-state index contributed by atoms with van der Waals surface area (Å²) in [6.45, 7) is -3.50. The molecule has 24 heavy (non-hydrogen) atoms. The highest BCUT2D eigenvalue weighted by Crippen LogP contribution is 2.17. The zero-order chi connectivity index (χ0) is 17.9. The molecule has 0 aliphatic rings. The highest BCUT2D eigenvalue weighted by molar-refractivity contribution is 7.89. The van der Waals surface area contributed by atoms with Gasteiger partial charge < -0.3 is 4.74 Å². The molecule has 0 amide bonds. The molecule has 1 N–H and O–H groups in total. The first-order valence-electron chi connectivity index (χ1n) is 6.46. The number of carbonyl (C=O) groups is 1. The molecule has 2 aromatic rings. The number of esters is 1. The second-order valence-electron chi connectivity index (χ2n) is 4.45. The van der Waals surface area contributed by atoms with Crippen LogP contribution in [0.15, 0.2) is 35.5 Å². The number of rotatable bonds is 6. The number of benzene rings is 1. The second kappa shape index (κ2) is 7.01. The molecular weight excluding hydrogens is 351 g/mol. The van der Waals surface area contributed by atoms with E-state index in [1.807, 2.05) is 4.72 Å². The van der Waals surface area contributed by atoms with E-state index in [4.69, 9.17) is 4.74 Å². The Hall–Kier alpha value is -2.40. The van der Waals surface area contributed by atoms with Crippen molar-refractivity contribution < 1.29 is 31.1 Å². The first kappa shape index (κ1) is 17.9. The molecule has 0 atom stereocenters. The van der Waals surface area contributed by atoms with E-state index in [0.717, 1.165) is 37.6 Å². The van der Waals surface area contributed by atoms with Crippen molar-refractivity contribution in [2.24, 2.45) is 0 Å². The number of nitrogens with one attached hydrogen (secondary N) is 1. The third-order valence-corrected chi connectivity index (χ3v) is 4.44. The van der Waals surface area contributed by atoms with Crippen LogP contribution in [0.5, 0.6) is 0 Å². The maximum absolute atomic E-state index is 13.7. The van der Waals surface area contributed by atoms with Crippen LogP contribution in [0.25, 0.3) is 0 Å². The van der Waals surface area contributed by atoms with Crippen molar-refractivity contribution in [3.05, 3.63) is 47.8 Å². The molecule has 0 saturated carbocycles. The molecule has 0 saturated heterocycles. The monoisotopic (exact) mass is 363 g/mol. The summed E-state index contributed by atoms with van der Waals surface area (Å²) in [6.07, 6.45) is 2.09. The van der Waals surface area contributed by atoms with Crippen LogP contribution in [0.4, 0.5) is 13.2 Å². The number of hydrogen-bond donors (Lipinski definition) is 1. The van der Waals surface area contributed by atoms with Crippen molar-refractivity contribution in [2.45, 2.75) is 18.1 Å². The number of carbonyl (C=O) groups excluding carboxylic acids is 1. The number of aromatic nitrogens is 2. The lowest BCUT2D eigenvalue weighted by molar-refractivity contribution is 0.0371. The Bertz CT molecular complexity index is 852. The van der Waals surface area contributed by atoms with Gasteiger partial charge in [0.25, 0.3) is 0 Å². The molecule has 7 nitrogen and oxygen atoms in total. The van der Waals surface area contributed by atoms with Crippen molar-refractivity contribution >= 4 is 16.0 Å². The zero-order valence-corrected chi connectivity index (χ0v) is 13.1. The van der Waals surface area contributed by atoms with Crippen molar-refractivity contribution in [1.82, 2.24) is 14.3 Å². The molecule has 1 heterocycles. The van der Waals surface area contributed by atoms with Crippen LogP contribution in [0.3, 0.4) is 0 Å². The lowest BCUT2D eigenvalue weighted by Gasteiger charge is -2.09. The SMILES string of the molecule is CNS(=O)(=O)c1ccc(F)c(C(=O)OCc2nccn2C(F)F)c1. The summed E-state index contributed by atoms with van der Waals surface area (Å²) in [5, 5.41) is 0. The molecule has 0 aliphatic heterocycles. The molecule has 0 bridgehead atoms. The van der Waals surface area contributed by atoms with Crippen LogP contribution in [0.2, 0.25) is 0 Å². The largest absolute Gasteiger partial charge is 0.454 e. The van der Waals surface area contributed by atoms with E-state index in [1.54, 1.807) is 0 Å². The van der Waals surface area contributed by atoms with Gasteiger partial charge in [-0.25, -0.2) is 27.3 Å². The molecule has 1 aromatic carbocycles. The molecule has 0 spiro atoms. The zero-order valence-electron chi connectivity index (χ0n) is 12.2. The number of hydrogen-bond acceptors (Lipinski definition) is 5. The average molecular weight is 363 g/mol. The highest BCUT2D eigenvalue weighted by atomic mass is 32.2. The number of imidazole rings is 1. The molecule has 0 radical (unpaired) electrons. The van der Waals surface area contributed by atoms with Gasteiger partial charge in [0.1, 0.15) is 12.4 Å². The van der Waals surface area contributed by atoms with E-state index in [2.05, 4.69) is 4.98 Å². The van der Waals surface area contributed by atoms with Crippen LogP contribution >= 0.6 is 0 Å². The van der Waals surface area contributed by atoms with Crippen LogP contribution in [0.1, 0.15) is 22.7 Å². The summed E-state index contributed by atoms with van der Waals surface area (Å²) >= 11 is 0. The maximum Gasteiger partial charge on any atom is 0.341 e. The van der Waals surface area contributed by atoms with Crippen molar-refractivity contribution in [3.63, 3.8) is 0 Å². The third kappa shape index (κ3) is 3.74. The standard InChI is InChI=1S/C13H12F3N3O4S/c1-17-24(21,22)8-2-3-10(14)9(6-8)12(20)23-7-11-18-4-5-19(11)13(15)16/h2-6,13,17H,7H2,1H3. The Kier molecular flexibility index (Phi) is 5.24. The summed E-state index contributed by atoms with van der Waals surface area (Å²) in [7, 11) is -2.73. The van der Waals surface area contributed by atoms with Crippen LogP contribution in [0, 0.1) is 5.82 Å². The van der Waals surface area contributed by atoms with Crippen molar-refractivity contribution in [3.8, 4) is 0 Å². The minimum atomic E-state index is -3.89. The fraction of sp³-hybridized carbons (Fsp3) is 0.231. The normalized spacial score (nSPS) is 11.7. The van der Waals surface area contributed by atoms with Crippen molar-refractivity contribution in [2.75, 3.05) is 7.05 Å². The summed E-state index contributed by atoms with van der Waals surface area (Å²) in [4.78, 5) is 15.2. The van der Waals surface area contributed by atoms with E-state index < -0.39 is 40.5 Å². The van der Waals surface area contributed by atoms with Crippen LogP contribution < -0.4 is 4.72 Å². The molecule has 0 aliphatic carbocycles. The second-order valence-corrected chi connectivity index (χ2v) is 6.34. The lowest BCUT2D eigenvalue weighted by atomic mass is 10.2. The summed E-state index contributed by atoms with van der Waals surface area (Å²) in [5.74, 6) is -2.45. The number of ether oxygens (including phenoxy) is 1. The van der Waals surface area contributed by atoms with E-state index in [9.17, 15) is 26.4 Å². The molecule has 2 rings (SSSR count). The van der Waals surface area contributed by atoms with Gasteiger partial charge in [0.15, 0.2) is 5.82 Å². The van der Waals surface area contributed by atoms with Gasteiger partial charge >= 0.3 is 12.5 Å². The highest BCUT2D eigenvalue weighted by Gasteiger charge is 2.20. The van der Waals surface area contributed by atoms with E-state index >= 15 is 0 Å². The Balaban J connectivity index is 2.21. The number of sulfonamides is 1. The van der Waals surface area contributed by atoms with E-state index in [-0.39, 0.29) is 10.7 Å². The molecule has 11 heteroatoms. The van der Waals surface area contributed by atoms with Gasteiger partial charge in [-0.2, -0.15) is 8.78 Å². The number of nitrogens with zero attached hydrogens (tertiary/aromatic N) is 2. The summed E-state index contributed by atoms with van der Waals surface area (Å²) in [5.41, 5.74) is -0.638. The van der Waals surface area contributed by atoms with Gasteiger partial charge in [-0.1, -0.05) is 0 Å². The fourth-order valence-corrected chi connectivity index (χ4v) is 2.54. The summed E-state index contributed by atoms with van der Waals surface area (Å²) in [6, 6.07) is 2.56. The first-order chi connectivity index (χ1) is 11.3. The topological polar surface area (TPSA) is 90.3 Å². The molecular formula is C13H12F3N3O4S. The Morgan fingerprint density at radius 1 is 1.42 bits per heavy atom. The summed E-state index contributed by atoms with van der Waals surface area (Å²) < 4.78 is 69.6. The minimum Gasteiger partial charge on any atom is -0.454 e. The minimum absolute atomic E-state index is 0.238. The van der Waals surface area contributed by atoms with Gasteiger partial charge in [-0.15, -0.1) is 0 Å². The van der Waals surface area contributed by atoms with E-state index in [0.29, 0.717) is 4.57 Å². The van der Waals surface area contributed by atoms with Gasteiger partial charge in [0.2, 0.25) is 10.0 Å². The predicted octanol–water partition coefficient (Wildman–Crippen LogP) is 1.68. The molecule has 0 fully saturated rings. The van der Waals surface area contributed by atoms with Crippen LogP contribution in [-0.4, -0.2) is 31.0 Å². The molecule has 130 valence electrons. The van der Waals surface area contributed by atoms with Crippen molar-refractivity contribution in [1.29, 1.82) is 0 Å². The maximum atomic E-state index is 13.7. The van der Waals surface area contributed by atoms with Gasteiger partial charge in [-0.05, 0) is 25.2 Å². The average Bonchev–Trinajstić information content (AvgIpc) is 3.01. The molecule has 1 aromatic heterocycles. The smallest absolute Gasteiger partial charge is 0.341 e. The quantitative estimate of drug-likeness (QED) is 0.789. The van der Waals surface area contributed by atoms with Gasteiger partial charge in [-0.3, -0.25) is 4.57 Å². The fourth-order valence-electron chi connectivity index (χ4n) is 1.79. The Labute approximate surface area is 135 Å². The predicted molar refractivity (Wildman–Crippen MR) is 75.2 cm³/mol. The lowest BCUT2D eigenvalue weighted by Crippen LogP contribution is -2.19. The molecule has 0 unspecified atom stereocenters. The number of alkyl halides is 2.